The van der Waals surface area contributed by atoms with Crippen LogP contribution in [0.1, 0.15) is 38.4 Å². The Kier molecular flexibility index (Phi) is 10.0. The molecule has 7 nitrogen and oxygen atoms in total. The minimum Gasteiger partial charge on any atom is -0.489 e. The van der Waals surface area contributed by atoms with E-state index in [0.29, 0.717) is 42.9 Å². The van der Waals surface area contributed by atoms with Crippen LogP contribution >= 0.6 is 24.0 Å². The van der Waals surface area contributed by atoms with Gasteiger partial charge in [0.2, 0.25) is 5.89 Å². The third-order valence-corrected chi connectivity index (χ3v) is 3.55. The largest absolute Gasteiger partial charge is 0.489 e. The fourth-order valence-electron chi connectivity index (χ4n) is 2.17. The molecule has 0 aliphatic carbocycles. The van der Waals surface area contributed by atoms with Crippen molar-refractivity contribution in [3.05, 3.63) is 41.8 Å². The molecule has 9 heteroatoms. The number of hydrogen-bond acceptors (Lipinski definition) is 5. The molecule has 0 saturated heterocycles. The first kappa shape index (κ1) is 23.1. The molecule has 150 valence electrons. The van der Waals surface area contributed by atoms with Gasteiger partial charge >= 0.3 is 0 Å². The van der Waals surface area contributed by atoms with E-state index in [1.54, 1.807) is 19.2 Å². The summed E-state index contributed by atoms with van der Waals surface area (Å²) >= 11 is 0. The lowest BCUT2D eigenvalue weighted by molar-refractivity contribution is 0.223. The zero-order valence-electron chi connectivity index (χ0n) is 16.0. The SMILES string of the molecule is CN=C(NCCc1nc(C(C)C)no1)NCC(C)Oc1cccc(F)c1.I. The van der Waals surface area contributed by atoms with Gasteiger partial charge < -0.3 is 19.9 Å². The fourth-order valence-corrected chi connectivity index (χ4v) is 2.17. The Morgan fingerprint density at radius 3 is 2.70 bits per heavy atom. The Bertz CT molecular complexity index is 723. The minimum atomic E-state index is -0.318. The van der Waals surface area contributed by atoms with Crippen molar-refractivity contribution in [2.75, 3.05) is 20.1 Å². The summed E-state index contributed by atoms with van der Waals surface area (Å²) in [5.41, 5.74) is 0. The van der Waals surface area contributed by atoms with E-state index in [4.69, 9.17) is 9.26 Å². The summed E-state index contributed by atoms with van der Waals surface area (Å²) < 4.78 is 24.0. The van der Waals surface area contributed by atoms with E-state index < -0.39 is 0 Å². The monoisotopic (exact) mass is 491 g/mol. The number of halogens is 2. The van der Waals surface area contributed by atoms with Gasteiger partial charge in [0.15, 0.2) is 11.8 Å². The number of benzene rings is 1. The van der Waals surface area contributed by atoms with E-state index in [1.807, 2.05) is 20.8 Å². The average molecular weight is 491 g/mol. The molecule has 1 aromatic carbocycles. The van der Waals surface area contributed by atoms with Crippen LogP contribution in [-0.4, -0.2) is 42.3 Å². The predicted molar refractivity (Wildman–Crippen MR) is 113 cm³/mol. The molecule has 2 rings (SSSR count). The van der Waals surface area contributed by atoms with Crippen LogP contribution in [0, 0.1) is 5.82 Å². The maximum atomic E-state index is 13.2. The first-order valence-corrected chi connectivity index (χ1v) is 8.67. The lowest BCUT2D eigenvalue weighted by atomic mass is 10.2. The van der Waals surface area contributed by atoms with Gasteiger partial charge in [-0.25, -0.2) is 4.39 Å². The number of ether oxygens (including phenoxy) is 1. The number of nitrogens with one attached hydrogen (secondary N) is 2. The summed E-state index contributed by atoms with van der Waals surface area (Å²) in [7, 11) is 1.69. The van der Waals surface area contributed by atoms with Crippen molar-refractivity contribution < 1.29 is 13.7 Å². The van der Waals surface area contributed by atoms with Crippen LogP contribution < -0.4 is 15.4 Å². The molecule has 1 unspecified atom stereocenters. The molecule has 0 radical (unpaired) electrons. The van der Waals surface area contributed by atoms with E-state index in [1.165, 1.54) is 12.1 Å². The standard InChI is InChI=1S/C18H26FN5O2.HI/c1-12(2)17-23-16(26-24-17)8-9-21-18(20-4)22-11-13(3)25-15-7-5-6-14(19)10-15;/h5-7,10,12-13H,8-9,11H2,1-4H3,(H2,20,21,22);1H. The van der Waals surface area contributed by atoms with Gasteiger partial charge in [-0.05, 0) is 19.1 Å². The van der Waals surface area contributed by atoms with Crippen molar-refractivity contribution in [1.29, 1.82) is 0 Å². The molecule has 0 aliphatic rings. The Balaban J connectivity index is 0.00000364. The fraction of sp³-hybridized carbons (Fsp3) is 0.500. The molecule has 0 amide bonds. The zero-order valence-corrected chi connectivity index (χ0v) is 18.4. The minimum absolute atomic E-state index is 0. The first-order valence-electron chi connectivity index (χ1n) is 8.67. The predicted octanol–water partition coefficient (Wildman–Crippen LogP) is 3.13. The van der Waals surface area contributed by atoms with Crippen molar-refractivity contribution in [1.82, 2.24) is 20.8 Å². The van der Waals surface area contributed by atoms with Gasteiger partial charge in [-0.2, -0.15) is 4.98 Å². The van der Waals surface area contributed by atoms with E-state index in [-0.39, 0.29) is 41.8 Å². The number of guanidine groups is 1. The molecule has 1 atom stereocenters. The molecule has 2 N–H and O–H groups in total. The van der Waals surface area contributed by atoms with E-state index >= 15 is 0 Å². The normalized spacial score (nSPS) is 12.4. The van der Waals surface area contributed by atoms with Crippen LogP contribution in [0.3, 0.4) is 0 Å². The van der Waals surface area contributed by atoms with E-state index in [2.05, 4.69) is 25.8 Å². The number of aliphatic imine (C=N–C) groups is 1. The highest BCUT2D eigenvalue weighted by Crippen LogP contribution is 2.13. The van der Waals surface area contributed by atoms with Crippen LogP contribution in [-0.2, 0) is 6.42 Å². The second kappa shape index (κ2) is 11.7. The number of rotatable bonds is 8. The second-order valence-electron chi connectivity index (χ2n) is 6.22. The van der Waals surface area contributed by atoms with Gasteiger partial charge in [-0.15, -0.1) is 24.0 Å². The molecule has 0 aliphatic heterocycles. The number of hydrogen-bond donors (Lipinski definition) is 2. The summed E-state index contributed by atoms with van der Waals surface area (Å²) in [5.74, 6) is 2.38. The number of nitrogens with zero attached hydrogens (tertiary/aromatic N) is 3. The summed E-state index contributed by atoms with van der Waals surface area (Å²) in [5, 5.41) is 10.3. The Morgan fingerprint density at radius 2 is 2.07 bits per heavy atom. The second-order valence-corrected chi connectivity index (χ2v) is 6.22. The maximum absolute atomic E-state index is 13.2. The summed E-state index contributed by atoms with van der Waals surface area (Å²) in [6.45, 7) is 7.07. The molecule has 0 saturated carbocycles. The van der Waals surface area contributed by atoms with Crippen LogP contribution in [0.25, 0.3) is 0 Å². The molecule has 27 heavy (non-hydrogen) atoms. The highest BCUT2D eigenvalue weighted by Gasteiger charge is 2.10. The van der Waals surface area contributed by atoms with Crippen molar-refractivity contribution in [2.24, 2.45) is 4.99 Å². The van der Waals surface area contributed by atoms with Crippen molar-refractivity contribution in [3.8, 4) is 5.75 Å². The van der Waals surface area contributed by atoms with Crippen LogP contribution in [0.4, 0.5) is 4.39 Å². The van der Waals surface area contributed by atoms with Crippen molar-refractivity contribution in [2.45, 2.75) is 39.2 Å². The number of aromatic nitrogens is 2. The molecule has 1 heterocycles. The van der Waals surface area contributed by atoms with Crippen LogP contribution in [0.15, 0.2) is 33.8 Å². The zero-order chi connectivity index (χ0) is 18.9. The van der Waals surface area contributed by atoms with Gasteiger partial charge in [0.25, 0.3) is 0 Å². The van der Waals surface area contributed by atoms with E-state index in [9.17, 15) is 4.39 Å². The molecular weight excluding hydrogens is 464 g/mol. The first-order chi connectivity index (χ1) is 12.5. The molecule has 0 bridgehead atoms. The quantitative estimate of drug-likeness (QED) is 0.336. The van der Waals surface area contributed by atoms with Crippen molar-refractivity contribution >= 4 is 29.9 Å². The maximum Gasteiger partial charge on any atom is 0.228 e. The lowest BCUT2D eigenvalue weighted by Crippen LogP contribution is -2.42. The van der Waals surface area contributed by atoms with Gasteiger partial charge in [-0.3, -0.25) is 4.99 Å². The van der Waals surface area contributed by atoms with E-state index in [0.717, 1.165) is 0 Å². The summed E-state index contributed by atoms with van der Waals surface area (Å²) in [4.78, 5) is 8.49. The summed E-state index contributed by atoms with van der Waals surface area (Å²) in [6, 6.07) is 6.09. The van der Waals surface area contributed by atoms with Gasteiger partial charge in [0.05, 0.1) is 6.54 Å². The van der Waals surface area contributed by atoms with Gasteiger partial charge in [0, 0.05) is 32.0 Å². The van der Waals surface area contributed by atoms with Gasteiger partial charge in [-0.1, -0.05) is 25.1 Å². The molecular formula is C18H27FIN5O2. The summed E-state index contributed by atoms with van der Waals surface area (Å²) in [6.07, 6.45) is 0.454. The van der Waals surface area contributed by atoms with Gasteiger partial charge in [0.1, 0.15) is 17.7 Å². The Morgan fingerprint density at radius 1 is 1.30 bits per heavy atom. The Hall–Kier alpha value is -1.91. The van der Waals surface area contributed by atoms with Crippen LogP contribution in [0.5, 0.6) is 5.75 Å². The molecule has 2 aromatic rings. The highest BCUT2D eigenvalue weighted by molar-refractivity contribution is 14.0. The van der Waals surface area contributed by atoms with Crippen molar-refractivity contribution in [3.63, 3.8) is 0 Å². The molecule has 0 spiro atoms. The molecule has 1 aromatic heterocycles. The smallest absolute Gasteiger partial charge is 0.228 e. The van der Waals surface area contributed by atoms with Crippen LogP contribution in [0.2, 0.25) is 0 Å². The average Bonchev–Trinajstić information content (AvgIpc) is 3.07. The third-order valence-electron chi connectivity index (χ3n) is 3.55. The lowest BCUT2D eigenvalue weighted by Gasteiger charge is -2.17. The molecule has 0 fully saturated rings. The Labute approximate surface area is 176 Å². The highest BCUT2D eigenvalue weighted by atomic mass is 127. The topological polar surface area (TPSA) is 84.6 Å². The third kappa shape index (κ3) is 8.10.